The number of hydrogen-bond acceptors (Lipinski definition) is 7. The Hall–Kier alpha value is -4.57. The average molecular weight is 511 g/mol. The lowest BCUT2D eigenvalue weighted by Gasteiger charge is -2.22. The van der Waals surface area contributed by atoms with E-state index < -0.39 is 0 Å². The normalized spacial score (nSPS) is 15.6. The first kappa shape index (κ1) is 25.1. The highest BCUT2D eigenvalue weighted by Crippen LogP contribution is 2.36. The molecule has 194 valence electrons. The lowest BCUT2D eigenvalue weighted by molar-refractivity contribution is -0.127. The van der Waals surface area contributed by atoms with Gasteiger partial charge in [0.05, 0.1) is 6.04 Å². The summed E-state index contributed by atoms with van der Waals surface area (Å²) < 4.78 is 1.93. The van der Waals surface area contributed by atoms with Crippen LogP contribution >= 0.6 is 0 Å². The summed E-state index contributed by atoms with van der Waals surface area (Å²) in [4.78, 5) is 43.0. The molecule has 5 rings (SSSR count). The van der Waals surface area contributed by atoms with Crippen LogP contribution in [0.25, 0.3) is 16.8 Å². The van der Waals surface area contributed by atoms with Crippen molar-refractivity contribution < 1.29 is 9.59 Å². The fourth-order valence-corrected chi connectivity index (χ4v) is 4.69. The quantitative estimate of drug-likeness (QED) is 0.366. The molecule has 4 heterocycles. The molecule has 1 aliphatic rings. The minimum atomic E-state index is -0.255. The summed E-state index contributed by atoms with van der Waals surface area (Å²) in [7, 11) is 3.92. The van der Waals surface area contributed by atoms with Crippen LogP contribution in [0.2, 0.25) is 0 Å². The summed E-state index contributed by atoms with van der Waals surface area (Å²) in [6.07, 6.45) is 10.3. The molecule has 1 saturated heterocycles. The second-order valence-corrected chi connectivity index (χ2v) is 9.45. The van der Waals surface area contributed by atoms with Crippen LogP contribution in [-0.2, 0) is 4.79 Å². The molecule has 10 heteroatoms. The number of aromatic nitrogens is 4. The van der Waals surface area contributed by atoms with E-state index in [0.717, 1.165) is 24.2 Å². The summed E-state index contributed by atoms with van der Waals surface area (Å²) in [6.45, 7) is 1.36. The molecule has 38 heavy (non-hydrogen) atoms. The van der Waals surface area contributed by atoms with Crippen molar-refractivity contribution in [3.05, 3.63) is 84.6 Å². The summed E-state index contributed by atoms with van der Waals surface area (Å²) in [6, 6.07) is 12.3. The van der Waals surface area contributed by atoms with Gasteiger partial charge in [0, 0.05) is 48.9 Å². The molecule has 1 atom stereocenters. The van der Waals surface area contributed by atoms with Crippen molar-refractivity contribution in [1.82, 2.24) is 29.2 Å². The maximum Gasteiger partial charge on any atom is 0.256 e. The number of likely N-dealkylation sites (N-methyl/N-ethyl adjacent to an activating group) is 1. The van der Waals surface area contributed by atoms with Gasteiger partial charge in [-0.25, -0.2) is 15.0 Å². The van der Waals surface area contributed by atoms with Gasteiger partial charge in [0.1, 0.15) is 28.7 Å². The van der Waals surface area contributed by atoms with Crippen LogP contribution < -0.4 is 11.1 Å². The minimum absolute atomic E-state index is 0.0297. The van der Waals surface area contributed by atoms with Crippen LogP contribution in [0.5, 0.6) is 0 Å². The molecular weight excluding hydrogens is 480 g/mol. The second-order valence-electron chi connectivity index (χ2n) is 9.45. The largest absolute Gasteiger partial charge is 0.382 e. The topological polar surface area (TPSA) is 122 Å². The molecule has 0 saturated carbocycles. The molecule has 4 aromatic rings. The molecule has 10 nitrogen and oxygen atoms in total. The van der Waals surface area contributed by atoms with Crippen LogP contribution in [-0.4, -0.2) is 68.2 Å². The highest BCUT2D eigenvalue weighted by molar-refractivity contribution is 6.04. The molecule has 1 aromatic carbocycles. The molecule has 0 bridgehead atoms. The Morgan fingerprint density at radius 2 is 1.95 bits per heavy atom. The van der Waals surface area contributed by atoms with Gasteiger partial charge in [-0.3, -0.25) is 14.0 Å². The molecule has 1 aliphatic heterocycles. The monoisotopic (exact) mass is 510 g/mol. The fourth-order valence-electron chi connectivity index (χ4n) is 4.69. The number of carbonyl (C=O) groups excluding carboxylic acids is 2. The van der Waals surface area contributed by atoms with Crippen molar-refractivity contribution in [3.63, 3.8) is 0 Å². The highest BCUT2D eigenvalue weighted by Gasteiger charge is 2.33. The smallest absolute Gasteiger partial charge is 0.256 e. The summed E-state index contributed by atoms with van der Waals surface area (Å²) >= 11 is 0. The van der Waals surface area contributed by atoms with Crippen LogP contribution in [0, 0.1) is 0 Å². The van der Waals surface area contributed by atoms with E-state index in [1.165, 1.54) is 0 Å². The lowest BCUT2D eigenvalue weighted by Crippen LogP contribution is -2.30. The van der Waals surface area contributed by atoms with E-state index in [0.29, 0.717) is 41.5 Å². The third-order valence-electron chi connectivity index (χ3n) is 6.50. The maximum absolute atomic E-state index is 13.0. The van der Waals surface area contributed by atoms with Gasteiger partial charge in [-0.2, -0.15) is 0 Å². The Labute approximate surface area is 220 Å². The number of anilines is 2. The van der Waals surface area contributed by atoms with E-state index in [-0.39, 0.29) is 17.9 Å². The fraction of sp³-hybridized carbons (Fsp3) is 0.250. The Kier molecular flexibility index (Phi) is 7.14. The zero-order chi connectivity index (χ0) is 26.6. The predicted octanol–water partition coefficient (Wildman–Crippen LogP) is 3.41. The third-order valence-corrected chi connectivity index (χ3v) is 6.50. The van der Waals surface area contributed by atoms with E-state index in [1.807, 2.05) is 58.8 Å². The summed E-state index contributed by atoms with van der Waals surface area (Å²) in [5.74, 6) is 1.29. The first-order chi connectivity index (χ1) is 18.4. The summed E-state index contributed by atoms with van der Waals surface area (Å²) in [5, 5.41) is 2.79. The van der Waals surface area contributed by atoms with Gasteiger partial charge in [-0.05, 0) is 51.2 Å². The Bertz CT molecular complexity index is 1480. The number of carbonyl (C=O) groups is 2. The molecule has 3 aromatic heterocycles. The standard InChI is InChI=1S/C28H30N8O2/c1-34(2)16-6-9-23(37)35-17-5-7-21(35)27-33-24(25-26(29)31-15-18-36(25)27)19-10-12-20(13-11-19)28(38)32-22-8-3-4-14-30-22/h3-4,6,8-15,18,21H,5,7,16-17H2,1-2H3,(H2,29,31)(H,30,32,38)/b9-6+/t21-/m0/s1. The van der Waals surface area contributed by atoms with Gasteiger partial charge in [-0.15, -0.1) is 0 Å². The predicted molar refractivity (Wildman–Crippen MR) is 146 cm³/mol. The zero-order valence-electron chi connectivity index (χ0n) is 21.4. The number of nitrogens with one attached hydrogen (secondary N) is 1. The van der Waals surface area contributed by atoms with E-state index in [1.54, 1.807) is 42.7 Å². The number of nitrogens with two attached hydrogens (primary N) is 1. The van der Waals surface area contributed by atoms with Gasteiger partial charge in [0.25, 0.3) is 5.91 Å². The third kappa shape index (κ3) is 5.12. The molecule has 2 amide bonds. The van der Waals surface area contributed by atoms with E-state index in [9.17, 15) is 9.59 Å². The van der Waals surface area contributed by atoms with E-state index in [2.05, 4.69) is 15.3 Å². The molecule has 0 spiro atoms. The number of nitrogens with zero attached hydrogens (tertiary/aromatic N) is 6. The van der Waals surface area contributed by atoms with E-state index in [4.69, 9.17) is 10.7 Å². The molecule has 0 unspecified atom stereocenters. The molecular formula is C28H30N8O2. The first-order valence-corrected chi connectivity index (χ1v) is 12.5. The number of rotatable bonds is 7. The van der Waals surface area contributed by atoms with Gasteiger partial charge >= 0.3 is 0 Å². The molecule has 0 aliphatic carbocycles. The molecule has 3 N–H and O–H groups in total. The van der Waals surface area contributed by atoms with Crippen molar-refractivity contribution in [2.75, 3.05) is 38.2 Å². The molecule has 0 radical (unpaired) electrons. The van der Waals surface area contributed by atoms with Crippen molar-refractivity contribution in [1.29, 1.82) is 0 Å². The molecule has 1 fully saturated rings. The Balaban J connectivity index is 1.45. The van der Waals surface area contributed by atoms with Crippen molar-refractivity contribution >= 4 is 29.0 Å². The maximum atomic E-state index is 13.0. The number of imidazole rings is 1. The number of amides is 2. The van der Waals surface area contributed by atoms with Gasteiger partial charge in [-0.1, -0.05) is 24.3 Å². The lowest BCUT2D eigenvalue weighted by atomic mass is 10.1. The number of pyridine rings is 1. The first-order valence-electron chi connectivity index (χ1n) is 12.5. The number of benzene rings is 1. The van der Waals surface area contributed by atoms with Gasteiger partial charge < -0.3 is 20.9 Å². The van der Waals surface area contributed by atoms with Crippen molar-refractivity contribution in [3.8, 4) is 11.3 Å². The van der Waals surface area contributed by atoms with Gasteiger partial charge in [0.2, 0.25) is 5.91 Å². The highest BCUT2D eigenvalue weighted by atomic mass is 16.2. The van der Waals surface area contributed by atoms with E-state index >= 15 is 0 Å². The van der Waals surface area contributed by atoms with Crippen LogP contribution in [0.4, 0.5) is 11.6 Å². The van der Waals surface area contributed by atoms with Crippen molar-refractivity contribution in [2.45, 2.75) is 18.9 Å². The number of hydrogen-bond donors (Lipinski definition) is 2. The SMILES string of the molecule is CN(C)C/C=C/C(=O)N1CCC[C@H]1c1nc(-c2ccc(C(=O)Nc3ccccn3)cc2)c2c(N)nccn12. The number of fused-ring (bicyclic) bond motifs is 1. The summed E-state index contributed by atoms with van der Waals surface area (Å²) in [5.41, 5.74) is 8.94. The van der Waals surface area contributed by atoms with Gasteiger partial charge in [0.15, 0.2) is 0 Å². The number of nitrogen functional groups attached to an aromatic ring is 1. The van der Waals surface area contributed by atoms with Crippen LogP contribution in [0.1, 0.15) is 35.1 Å². The second kappa shape index (κ2) is 10.8. The van der Waals surface area contributed by atoms with Crippen LogP contribution in [0.15, 0.2) is 73.2 Å². The Morgan fingerprint density at radius 1 is 1.13 bits per heavy atom. The Morgan fingerprint density at radius 3 is 2.68 bits per heavy atom. The van der Waals surface area contributed by atoms with Crippen LogP contribution in [0.3, 0.4) is 0 Å². The minimum Gasteiger partial charge on any atom is -0.382 e. The van der Waals surface area contributed by atoms with Crippen molar-refractivity contribution in [2.24, 2.45) is 0 Å². The zero-order valence-corrected chi connectivity index (χ0v) is 21.4. The number of likely N-dealkylation sites (tertiary alicyclic amines) is 1. The average Bonchev–Trinajstić information content (AvgIpc) is 3.55.